The second kappa shape index (κ2) is 18.5. The van der Waals surface area contributed by atoms with Crippen LogP contribution < -0.4 is 0 Å². The molecule has 7 aromatic carbocycles. The summed E-state index contributed by atoms with van der Waals surface area (Å²) in [7, 11) is 0. The van der Waals surface area contributed by atoms with Crippen LogP contribution in [-0.4, -0.2) is 19.6 Å². The van der Waals surface area contributed by atoms with Gasteiger partial charge in [-0.3, -0.25) is 9.55 Å². The van der Waals surface area contributed by atoms with Gasteiger partial charge in [0.05, 0.1) is 28.0 Å². The summed E-state index contributed by atoms with van der Waals surface area (Å²) in [6.07, 6.45) is 1.68. The highest BCUT2D eigenvalue weighted by Crippen LogP contribution is 2.46. The number of aromatic hydroxyl groups is 1. The first-order valence-electron chi connectivity index (χ1n) is 28.8. The zero-order chi connectivity index (χ0) is 57.4. The lowest BCUT2D eigenvalue weighted by atomic mass is 9.83. The Labute approximate surface area is 424 Å². The molecule has 69 heavy (non-hydrogen) atoms. The maximum Gasteiger partial charge on any atom is 0.149 e. The van der Waals surface area contributed by atoms with Crippen LogP contribution in [0.15, 0.2) is 164 Å². The van der Waals surface area contributed by atoms with Gasteiger partial charge in [0, 0.05) is 36.6 Å². The topological polar surface area (TPSA) is 50.9 Å². The van der Waals surface area contributed by atoms with Gasteiger partial charge in [0.25, 0.3) is 0 Å². The molecule has 0 radical (unpaired) electrons. The molecular weight excluding hydrogens is 839 g/mol. The van der Waals surface area contributed by atoms with Crippen molar-refractivity contribution >= 4 is 11.0 Å². The molecule has 0 atom stereocenters. The van der Waals surface area contributed by atoms with Gasteiger partial charge in [0.15, 0.2) is 0 Å². The average Bonchev–Trinajstić information content (AvgIpc) is 3.80. The van der Waals surface area contributed by atoms with Gasteiger partial charge < -0.3 is 5.11 Å². The minimum Gasteiger partial charge on any atom is -0.507 e. The van der Waals surface area contributed by atoms with Crippen molar-refractivity contribution in [2.45, 2.75) is 111 Å². The van der Waals surface area contributed by atoms with Crippen LogP contribution in [0.3, 0.4) is 0 Å². The Morgan fingerprint density at radius 2 is 1.19 bits per heavy atom. The maximum atomic E-state index is 12.6. The Morgan fingerprint density at radius 1 is 0.522 bits per heavy atom. The van der Waals surface area contributed by atoms with Crippen LogP contribution >= 0.6 is 0 Å². The first kappa shape index (κ1) is 36.0. The Hall–Kier alpha value is -7.04. The predicted molar refractivity (Wildman–Crippen MR) is 293 cm³/mol. The monoisotopic (exact) mass is 916 g/mol. The molecule has 2 heterocycles. The van der Waals surface area contributed by atoms with Crippen molar-refractivity contribution in [3.63, 3.8) is 0 Å². The minimum absolute atomic E-state index is 0.00255. The third-order valence-electron chi connectivity index (χ3n) is 13.3. The fourth-order valence-electron chi connectivity index (χ4n) is 9.32. The molecule has 0 amide bonds. The van der Waals surface area contributed by atoms with Crippen molar-refractivity contribution in [2.24, 2.45) is 0 Å². The SMILES string of the molecule is [2H]C(C)(C)c1cc(-c2ccccc2)c(-n2c(-c3cc(C(C)C)cc(C(C)C)c3O)nc3c(-c4cc(-c5cc(-c6ccc(C(C([2H])([2H])[2H])(C([2H])([2H])[2H])C([2H])([2H])[2H])cc6)ccn5)cc(C(C)(C)C)c4)cccc32)cc1-c1ccccc1. The van der Waals surface area contributed by atoms with Crippen LogP contribution in [-0.2, 0) is 10.8 Å². The van der Waals surface area contributed by atoms with Crippen LogP contribution in [0.2, 0.25) is 0 Å². The van der Waals surface area contributed by atoms with Crippen LogP contribution in [0.4, 0.5) is 0 Å². The molecule has 1 N–H and O–H groups in total. The normalized spacial score (nSPS) is 15.1. The molecule has 0 aliphatic rings. The highest BCUT2D eigenvalue weighted by molar-refractivity contribution is 5.98. The summed E-state index contributed by atoms with van der Waals surface area (Å²) in [6, 6.07) is 50.9. The van der Waals surface area contributed by atoms with E-state index in [9.17, 15) is 6.48 Å². The molecule has 0 saturated heterocycles. The number of hydrogen-bond donors (Lipinski definition) is 1. The van der Waals surface area contributed by atoms with Gasteiger partial charge in [-0.2, -0.15) is 0 Å². The number of pyridine rings is 1. The Bertz CT molecular complexity index is 3670. The minimum atomic E-state index is -3.38. The van der Waals surface area contributed by atoms with E-state index in [1.807, 2.05) is 62.4 Å². The summed E-state index contributed by atoms with van der Waals surface area (Å²) in [5, 5.41) is 12.6. The quantitative estimate of drug-likeness (QED) is 0.149. The third-order valence-corrected chi connectivity index (χ3v) is 13.3. The summed E-state index contributed by atoms with van der Waals surface area (Å²) in [5.41, 5.74) is 11.1. The van der Waals surface area contributed by atoms with E-state index >= 15 is 0 Å². The molecule has 0 bridgehead atoms. The van der Waals surface area contributed by atoms with Gasteiger partial charge >= 0.3 is 0 Å². The van der Waals surface area contributed by atoms with Crippen molar-refractivity contribution in [3.05, 3.63) is 192 Å². The molecular formula is C65H67N3O. The third kappa shape index (κ3) is 9.30. The Morgan fingerprint density at radius 3 is 1.81 bits per heavy atom. The first-order valence-corrected chi connectivity index (χ1v) is 23.8. The molecule has 9 aromatic rings. The number of benzene rings is 7. The van der Waals surface area contributed by atoms with E-state index in [0.29, 0.717) is 33.7 Å². The van der Waals surface area contributed by atoms with Crippen LogP contribution in [0.5, 0.6) is 5.75 Å². The van der Waals surface area contributed by atoms with E-state index in [-0.39, 0.29) is 28.6 Å². The summed E-state index contributed by atoms with van der Waals surface area (Å²) in [4.78, 5) is 10.5. The number of phenols is 1. The number of phenolic OH excluding ortho intramolecular Hbond substituents is 1. The van der Waals surface area contributed by atoms with Crippen molar-refractivity contribution < 1.29 is 18.8 Å². The molecule has 0 aliphatic heterocycles. The predicted octanol–water partition coefficient (Wildman–Crippen LogP) is 18.1. The number of nitrogens with zero attached hydrogens (tertiary/aromatic N) is 3. The molecule has 0 aliphatic carbocycles. The second-order valence-electron chi connectivity index (χ2n) is 20.2. The average molecular weight is 916 g/mol. The van der Waals surface area contributed by atoms with E-state index in [2.05, 4.69) is 132 Å². The molecule has 4 heteroatoms. The van der Waals surface area contributed by atoms with Crippen LogP contribution in [0, 0.1) is 0 Å². The van der Waals surface area contributed by atoms with Crippen molar-refractivity contribution in [3.8, 4) is 78.6 Å². The summed E-state index contributed by atoms with van der Waals surface area (Å²) in [6.45, 7) is 8.64. The van der Waals surface area contributed by atoms with Crippen molar-refractivity contribution in [1.29, 1.82) is 0 Å². The Balaban J connectivity index is 1.31. The van der Waals surface area contributed by atoms with Gasteiger partial charge in [0.1, 0.15) is 11.6 Å². The van der Waals surface area contributed by atoms with E-state index in [0.717, 1.165) is 72.4 Å². The zero-order valence-corrected chi connectivity index (χ0v) is 41.0. The number of imidazole rings is 1. The molecule has 0 spiro atoms. The van der Waals surface area contributed by atoms with Crippen LogP contribution in [0.1, 0.15) is 142 Å². The lowest BCUT2D eigenvalue weighted by Gasteiger charge is -2.23. The molecule has 2 aromatic heterocycles. The van der Waals surface area contributed by atoms with Gasteiger partial charge in [0.2, 0.25) is 0 Å². The molecule has 0 fully saturated rings. The van der Waals surface area contributed by atoms with Gasteiger partial charge in [-0.15, -0.1) is 0 Å². The number of hydrogen-bond acceptors (Lipinski definition) is 3. The smallest absolute Gasteiger partial charge is 0.149 e. The highest BCUT2D eigenvalue weighted by Gasteiger charge is 2.27. The van der Waals surface area contributed by atoms with Crippen molar-refractivity contribution in [1.82, 2.24) is 14.5 Å². The number of fused-ring (bicyclic) bond motifs is 1. The fourth-order valence-corrected chi connectivity index (χ4v) is 9.32. The largest absolute Gasteiger partial charge is 0.507 e. The second-order valence-corrected chi connectivity index (χ2v) is 20.2. The standard InChI is InChI=1S/C65H67N3O/c1-40(2)47-35-54(42(5)6)62(69)57(36-47)63-67-61-52(48-32-49(34-51(33-48)65(10,11)12)58-37-46(30-31-66-58)43-26-28-50(29-27-43)64(7,8)9)24-19-25-59(61)68(63)60-39-55(44-20-15-13-16-21-44)53(41(3)4)38-56(60)45-22-17-14-18-23-45/h13-42,69H,1-12H3/i7D3,8D3,9D3,41D. The lowest BCUT2D eigenvalue weighted by molar-refractivity contribution is 0.466. The lowest BCUT2D eigenvalue weighted by Crippen LogP contribution is -2.11. The first-order chi connectivity index (χ1) is 36.9. The number of aromatic nitrogens is 3. The molecule has 0 unspecified atom stereocenters. The summed E-state index contributed by atoms with van der Waals surface area (Å²) in [5.74, 6) is -0.123. The fraction of sp³-hybridized carbons (Fsp3) is 0.262. The van der Waals surface area contributed by atoms with Crippen LogP contribution in [0.25, 0.3) is 83.9 Å². The number of para-hydroxylation sites is 1. The molecule has 4 nitrogen and oxygen atoms in total. The van der Waals surface area contributed by atoms with Crippen molar-refractivity contribution in [2.75, 3.05) is 0 Å². The maximum absolute atomic E-state index is 12.6. The summed E-state index contributed by atoms with van der Waals surface area (Å²) < 4.78 is 85.9. The summed E-state index contributed by atoms with van der Waals surface area (Å²) >= 11 is 0. The van der Waals surface area contributed by atoms with E-state index < -0.39 is 31.9 Å². The van der Waals surface area contributed by atoms with E-state index in [1.54, 1.807) is 24.4 Å². The number of rotatable bonds is 10. The highest BCUT2D eigenvalue weighted by atomic mass is 16.3. The van der Waals surface area contributed by atoms with E-state index in [4.69, 9.17) is 22.3 Å². The van der Waals surface area contributed by atoms with Gasteiger partial charge in [-0.05, 0) is 138 Å². The molecule has 9 rings (SSSR count). The van der Waals surface area contributed by atoms with Gasteiger partial charge in [-0.1, -0.05) is 192 Å². The molecule has 0 saturated carbocycles. The zero-order valence-electron chi connectivity index (χ0n) is 51.0. The Kier molecular flexibility index (Phi) is 9.63. The van der Waals surface area contributed by atoms with E-state index in [1.165, 1.54) is 12.1 Å². The molecule has 348 valence electrons. The van der Waals surface area contributed by atoms with Gasteiger partial charge in [-0.25, -0.2) is 4.98 Å².